The van der Waals surface area contributed by atoms with Gasteiger partial charge in [0.1, 0.15) is 12.3 Å². The molecular weight excluding hydrogens is 400 g/mol. The lowest BCUT2D eigenvalue weighted by molar-refractivity contribution is -0.384. The predicted molar refractivity (Wildman–Crippen MR) is 106 cm³/mol. The van der Waals surface area contributed by atoms with Gasteiger partial charge in [-0.15, -0.1) is 0 Å². The molecule has 0 fully saturated rings. The van der Waals surface area contributed by atoms with E-state index in [2.05, 4.69) is 10.3 Å². The van der Waals surface area contributed by atoms with E-state index in [1.54, 1.807) is 13.8 Å². The highest BCUT2D eigenvalue weighted by Gasteiger charge is 2.35. The molecule has 0 saturated heterocycles. The normalized spacial score (nSPS) is 15.5. The van der Waals surface area contributed by atoms with Gasteiger partial charge in [0.25, 0.3) is 11.6 Å². The van der Waals surface area contributed by atoms with Gasteiger partial charge in [-0.05, 0) is 19.4 Å². The number of non-ortho nitro benzene ring substituents is 1. The van der Waals surface area contributed by atoms with Gasteiger partial charge in [0.05, 0.1) is 21.2 Å². The molecule has 29 heavy (non-hydrogen) atoms. The van der Waals surface area contributed by atoms with Gasteiger partial charge >= 0.3 is 0 Å². The molecule has 152 valence electrons. The van der Waals surface area contributed by atoms with E-state index in [9.17, 15) is 24.5 Å². The van der Waals surface area contributed by atoms with Crippen LogP contribution in [0.3, 0.4) is 0 Å². The van der Waals surface area contributed by atoms with Gasteiger partial charge in [0.15, 0.2) is 17.0 Å². The molecule has 1 atom stereocenters. The van der Waals surface area contributed by atoms with Crippen molar-refractivity contribution in [2.45, 2.75) is 33.3 Å². The summed E-state index contributed by atoms with van der Waals surface area (Å²) < 4.78 is 5.61. The minimum Gasteiger partial charge on any atom is -0.478 e. The Morgan fingerprint density at radius 1 is 1.41 bits per heavy atom. The van der Waals surface area contributed by atoms with Gasteiger partial charge in [-0.1, -0.05) is 18.3 Å². The molecule has 1 aliphatic heterocycles. The van der Waals surface area contributed by atoms with Crippen LogP contribution in [-0.2, 0) is 9.59 Å². The summed E-state index contributed by atoms with van der Waals surface area (Å²) in [4.78, 5) is 53.1. The summed E-state index contributed by atoms with van der Waals surface area (Å²) in [6, 6.07) is 3.89. The second-order valence-corrected chi connectivity index (χ2v) is 7.39. The highest BCUT2D eigenvalue weighted by molar-refractivity contribution is 7.17. The zero-order valence-electron chi connectivity index (χ0n) is 15.9. The first-order valence-corrected chi connectivity index (χ1v) is 9.57. The van der Waals surface area contributed by atoms with Crippen molar-refractivity contribution in [3.05, 3.63) is 38.9 Å². The van der Waals surface area contributed by atoms with E-state index in [0.717, 1.165) is 11.3 Å². The van der Waals surface area contributed by atoms with E-state index >= 15 is 0 Å². The van der Waals surface area contributed by atoms with E-state index in [4.69, 9.17) is 4.74 Å². The molecule has 1 aromatic heterocycles. The molecule has 1 aromatic carbocycles. The van der Waals surface area contributed by atoms with Crippen molar-refractivity contribution >= 4 is 45.4 Å². The van der Waals surface area contributed by atoms with Crippen molar-refractivity contribution in [1.82, 2.24) is 4.98 Å². The quantitative estimate of drug-likeness (QED) is 0.433. The van der Waals surface area contributed by atoms with E-state index < -0.39 is 22.8 Å². The summed E-state index contributed by atoms with van der Waals surface area (Å²) in [5.74, 6) is -0.874. The Hall–Kier alpha value is -3.34. The van der Waals surface area contributed by atoms with Crippen molar-refractivity contribution < 1.29 is 24.0 Å². The van der Waals surface area contributed by atoms with Crippen LogP contribution in [0.5, 0.6) is 5.75 Å². The molecule has 0 aliphatic carbocycles. The van der Waals surface area contributed by atoms with Crippen LogP contribution in [0.4, 0.5) is 16.5 Å². The number of ether oxygens (including phenoxy) is 1. The number of anilines is 2. The van der Waals surface area contributed by atoms with E-state index in [-0.39, 0.29) is 28.8 Å². The standard InChI is InChI=1S/C18H18N4O6S/c1-4-13-17(25)21(12-7-11(22(26)27)5-6-14(12)28-13)8-15(24)20-18-19-9(2)16(29-18)10(3)23/h5-7,13H,4,8H2,1-3H3,(H,19,20,24). The lowest BCUT2D eigenvalue weighted by Gasteiger charge is -2.33. The summed E-state index contributed by atoms with van der Waals surface area (Å²) in [5, 5.41) is 13.9. The monoisotopic (exact) mass is 418 g/mol. The lowest BCUT2D eigenvalue weighted by Crippen LogP contribution is -2.48. The average Bonchev–Trinajstić information content (AvgIpc) is 3.03. The Morgan fingerprint density at radius 2 is 2.14 bits per heavy atom. The number of Topliss-reactive ketones (excluding diaryl/α,β-unsaturated/α-hetero) is 1. The maximum Gasteiger partial charge on any atom is 0.271 e. The Balaban J connectivity index is 1.86. The number of fused-ring (bicyclic) bond motifs is 1. The van der Waals surface area contributed by atoms with E-state index in [0.29, 0.717) is 22.7 Å². The smallest absolute Gasteiger partial charge is 0.271 e. The first-order valence-electron chi connectivity index (χ1n) is 8.76. The van der Waals surface area contributed by atoms with Gasteiger partial charge in [-0.2, -0.15) is 0 Å². The summed E-state index contributed by atoms with van der Waals surface area (Å²) in [7, 11) is 0. The number of hydrogen-bond donors (Lipinski definition) is 1. The number of nitrogens with zero attached hydrogens (tertiary/aromatic N) is 3. The Morgan fingerprint density at radius 3 is 2.72 bits per heavy atom. The molecular formula is C18H18N4O6S. The molecule has 1 unspecified atom stereocenters. The molecule has 3 rings (SSSR count). The topological polar surface area (TPSA) is 132 Å². The van der Waals surface area contributed by atoms with Crippen LogP contribution >= 0.6 is 11.3 Å². The van der Waals surface area contributed by atoms with E-state index in [1.807, 2.05) is 0 Å². The van der Waals surface area contributed by atoms with Crippen LogP contribution in [0.25, 0.3) is 0 Å². The van der Waals surface area contributed by atoms with Crippen LogP contribution in [-0.4, -0.2) is 40.2 Å². The number of aryl methyl sites for hydroxylation is 1. The van der Waals surface area contributed by atoms with Gasteiger partial charge in [0, 0.05) is 19.1 Å². The maximum absolute atomic E-state index is 12.7. The second kappa shape index (κ2) is 7.95. The minimum atomic E-state index is -0.789. The lowest BCUT2D eigenvalue weighted by atomic mass is 10.1. The van der Waals surface area contributed by atoms with Crippen LogP contribution in [0.15, 0.2) is 18.2 Å². The number of nitrogens with one attached hydrogen (secondary N) is 1. The minimum absolute atomic E-state index is 0.156. The van der Waals surface area contributed by atoms with Crippen LogP contribution in [0.2, 0.25) is 0 Å². The zero-order chi connectivity index (χ0) is 21.3. The molecule has 10 nitrogen and oxygen atoms in total. The van der Waals surface area contributed by atoms with Crippen molar-refractivity contribution in [3.8, 4) is 5.75 Å². The summed E-state index contributed by atoms with van der Waals surface area (Å²) >= 11 is 1.05. The highest BCUT2D eigenvalue weighted by atomic mass is 32.1. The van der Waals surface area contributed by atoms with Crippen LogP contribution in [0.1, 0.15) is 35.6 Å². The zero-order valence-corrected chi connectivity index (χ0v) is 16.7. The number of carbonyl (C=O) groups excluding carboxylic acids is 3. The Labute approximate surface area is 169 Å². The maximum atomic E-state index is 12.7. The predicted octanol–water partition coefficient (Wildman–Crippen LogP) is 2.71. The number of nitro benzene ring substituents is 1. The molecule has 2 heterocycles. The van der Waals surface area contributed by atoms with Crippen molar-refractivity contribution in [2.75, 3.05) is 16.8 Å². The number of amides is 2. The Kier molecular flexibility index (Phi) is 5.59. The number of carbonyl (C=O) groups is 3. The summed E-state index contributed by atoms with van der Waals surface area (Å²) in [6.07, 6.45) is -0.413. The van der Waals surface area contributed by atoms with Gasteiger partial charge in [-0.25, -0.2) is 4.98 Å². The third-order valence-corrected chi connectivity index (χ3v) is 5.46. The SMILES string of the molecule is CCC1Oc2ccc([N+](=O)[O-])cc2N(CC(=O)Nc2nc(C)c(C(C)=O)s2)C1=O. The highest BCUT2D eigenvalue weighted by Crippen LogP contribution is 2.37. The second-order valence-electron chi connectivity index (χ2n) is 6.39. The van der Waals surface area contributed by atoms with Crippen molar-refractivity contribution in [2.24, 2.45) is 0 Å². The van der Waals surface area contributed by atoms with E-state index in [1.165, 1.54) is 30.0 Å². The number of ketones is 1. The molecule has 2 amide bonds. The third kappa shape index (κ3) is 4.09. The molecule has 1 aliphatic rings. The van der Waals surface area contributed by atoms with Gasteiger partial charge < -0.3 is 10.1 Å². The number of benzene rings is 1. The molecule has 2 aromatic rings. The number of aromatic nitrogens is 1. The van der Waals surface area contributed by atoms with Crippen molar-refractivity contribution in [1.29, 1.82) is 0 Å². The van der Waals surface area contributed by atoms with Crippen molar-refractivity contribution in [3.63, 3.8) is 0 Å². The van der Waals surface area contributed by atoms with Gasteiger partial charge in [-0.3, -0.25) is 29.4 Å². The fourth-order valence-electron chi connectivity index (χ4n) is 2.93. The summed E-state index contributed by atoms with van der Waals surface area (Å²) in [5.41, 5.74) is 0.443. The molecule has 0 bridgehead atoms. The summed E-state index contributed by atoms with van der Waals surface area (Å²) in [6.45, 7) is 4.46. The van der Waals surface area contributed by atoms with Crippen LogP contribution < -0.4 is 15.0 Å². The molecule has 0 spiro atoms. The molecule has 0 saturated carbocycles. The molecule has 1 N–H and O–H groups in total. The number of nitro groups is 1. The van der Waals surface area contributed by atoms with Crippen LogP contribution in [0, 0.1) is 17.0 Å². The molecule has 0 radical (unpaired) electrons. The fraction of sp³-hybridized carbons (Fsp3) is 0.333. The fourth-order valence-corrected chi connectivity index (χ4v) is 3.80. The number of thiazole rings is 1. The first kappa shape index (κ1) is 20.4. The Bertz CT molecular complexity index is 1020. The first-order chi connectivity index (χ1) is 13.7. The van der Waals surface area contributed by atoms with Gasteiger partial charge in [0.2, 0.25) is 5.91 Å². The average molecular weight is 418 g/mol. The number of rotatable bonds is 6. The largest absolute Gasteiger partial charge is 0.478 e. The third-order valence-electron chi connectivity index (χ3n) is 4.29. The molecule has 11 heteroatoms. The number of hydrogen-bond acceptors (Lipinski definition) is 8.